The lowest BCUT2D eigenvalue weighted by Gasteiger charge is -2.32. The number of nitrogens with one attached hydrogen (secondary N) is 1. The van der Waals surface area contributed by atoms with Gasteiger partial charge in [0.05, 0.1) is 23.0 Å². The fourth-order valence-corrected chi connectivity index (χ4v) is 4.27. The third-order valence-corrected chi connectivity index (χ3v) is 6.08. The van der Waals surface area contributed by atoms with Crippen molar-refractivity contribution in [1.82, 2.24) is 20.2 Å². The Kier molecular flexibility index (Phi) is 6.44. The molecule has 4 aromatic rings. The summed E-state index contributed by atoms with van der Waals surface area (Å²) in [5.74, 6) is 0.0628. The zero-order valence-electron chi connectivity index (χ0n) is 18.7. The van der Waals surface area contributed by atoms with Gasteiger partial charge < -0.3 is 9.73 Å². The summed E-state index contributed by atoms with van der Waals surface area (Å²) in [4.78, 5) is 24.2. The van der Waals surface area contributed by atoms with Crippen molar-refractivity contribution in [3.05, 3.63) is 96.2 Å². The summed E-state index contributed by atoms with van der Waals surface area (Å²) in [5.41, 5.74) is 2.45. The van der Waals surface area contributed by atoms with Crippen molar-refractivity contribution in [3.8, 4) is 22.8 Å². The van der Waals surface area contributed by atoms with Crippen LogP contribution in [0.2, 0.25) is 0 Å². The zero-order valence-corrected chi connectivity index (χ0v) is 18.7. The first-order valence-corrected chi connectivity index (χ1v) is 11.4. The van der Waals surface area contributed by atoms with Crippen molar-refractivity contribution in [1.29, 1.82) is 0 Å². The van der Waals surface area contributed by atoms with Gasteiger partial charge in [-0.1, -0.05) is 30.3 Å². The Morgan fingerprint density at radius 2 is 1.71 bits per heavy atom. The van der Waals surface area contributed by atoms with Crippen molar-refractivity contribution < 1.29 is 13.6 Å². The van der Waals surface area contributed by atoms with Crippen LogP contribution in [0.15, 0.2) is 83.5 Å². The van der Waals surface area contributed by atoms with Crippen molar-refractivity contribution in [2.75, 3.05) is 13.1 Å². The minimum atomic E-state index is -0.384. The van der Waals surface area contributed by atoms with E-state index in [0.29, 0.717) is 22.5 Å². The second kappa shape index (κ2) is 9.97. The number of amides is 1. The van der Waals surface area contributed by atoms with Crippen LogP contribution in [-0.4, -0.2) is 39.9 Å². The average Bonchev–Trinajstić information content (AvgIpc) is 3.36. The molecule has 7 heteroatoms. The topological polar surface area (TPSA) is 71.3 Å². The molecule has 34 heavy (non-hydrogen) atoms. The third-order valence-electron chi connectivity index (χ3n) is 6.08. The standard InChI is InChI=1S/C27H25FN4O2/c28-24-11-4-3-10-23(24)25-17-30-27(34-25)22-9-2-1-8-21(22)26(33)31-19-12-15-32(16-13-19)18-20-7-5-6-14-29-20/h1-11,14,17,19H,12-13,15-16,18H2,(H,31,33). The van der Waals surface area contributed by atoms with E-state index in [-0.39, 0.29) is 23.7 Å². The zero-order chi connectivity index (χ0) is 23.3. The third kappa shape index (κ3) is 4.89. The van der Waals surface area contributed by atoms with Gasteiger partial charge in [-0.15, -0.1) is 0 Å². The Labute approximate surface area is 197 Å². The number of rotatable bonds is 6. The van der Waals surface area contributed by atoms with Gasteiger partial charge >= 0.3 is 0 Å². The molecule has 0 spiro atoms. The van der Waals surface area contributed by atoms with Crippen LogP contribution in [0.3, 0.4) is 0 Å². The van der Waals surface area contributed by atoms with Gasteiger partial charge in [0.1, 0.15) is 5.82 Å². The van der Waals surface area contributed by atoms with Crippen LogP contribution in [-0.2, 0) is 6.54 Å². The number of oxazole rings is 1. The summed E-state index contributed by atoms with van der Waals surface area (Å²) in [6, 6.07) is 19.6. The maximum atomic E-state index is 14.1. The second-order valence-corrected chi connectivity index (χ2v) is 8.40. The summed E-state index contributed by atoms with van der Waals surface area (Å²) in [6.45, 7) is 2.61. The van der Waals surface area contributed by atoms with Gasteiger partial charge in [0.25, 0.3) is 5.91 Å². The molecule has 172 valence electrons. The van der Waals surface area contributed by atoms with Crippen LogP contribution in [0.25, 0.3) is 22.8 Å². The van der Waals surface area contributed by atoms with E-state index in [1.165, 1.54) is 12.3 Å². The second-order valence-electron chi connectivity index (χ2n) is 8.40. The molecule has 1 aliphatic rings. The molecule has 5 rings (SSSR count). The first-order valence-electron chi connectivity index (χ1n) is 11.4. The first-order chi connectivity index (χ1) is 16.7. The van der Waals surface area contributed by atoms with Gasteiger partial charge in [-0.3, -0.25) is 14.7 Å². The lowest BCUT2D eigenvalue weighted by Crippen LogP contribution is -2.44. The number of carbonyl (C=O) groups is 1. The molecule has 1 N–H and O–H groups in total. The minimum absolute atomic E-state index is 0.0964. The molecule has 1 aliphatic heterocycles. The number of hydrogen-bond donors (Lipinski definition) is 1. The molecule has 0 atom stereocenters. The fraction of sp³-hybridized carbons (Fsp3) is 0.222. The normalized spacial score (nSPS) is 14.7. The van der Waals surface area contributed by atoms with E-state index in [9.17, 15) is 9.18 Å². The summed E-state index contributed by atoms with van der Waals surface area (Å²) in [7, 11) is 0. The predicted molar refractivity (Wildman–Crippen MR) is 127 cm³/mol. The molecule has 1 fully saturated rings. The molecule has 2 aromatic heterocycles. The molecular weight excluding hydrogens is 431 g/mol. The fourth-order valence-electron chi connectivity index (χ4n) is 4.27. The van der Waals surface area contributed by atoms with Crippen LogP contribution in [0.4, 0.5) is 4.39 Å². The predicted octanol–water partition coefficient (Wildman–Crippen LogP) is 4.94. The molecule has 0 unspecified atom stereocenters. The van der Waals surface area contributed by atoms with E-state index in [1.54, 1.807) is 30.3 Å². The van der Waals surface area contributed by atoms with Crippen molar-refractivity contribution in [2.24, 2.45) is 0 Å². The Hall–Kier alpha value is -3.84. The van der Waals surface area contributed by atoms with Crippen molar-refractivity contribution in [2.45, 2.75) is 25.4 Å². The van der Waals surface area contributed by atoms with E-state index >= 15 is 0 Å². The number of likely N-dealkylation sites (tertiary alicyclic amines) is 1. The molecule has 6 nitrogen and oxygen atoms in total. The molecule has 0 saturated carbocycles. The molecule has 1 amide bonds. The van der Waals surface area contributed by atoms with Gasteiger partial charge in [-0.25, -0.2) is 9.37 Å². The number of pyridine rings is 1. The largest absolute Gasteiger partial charge is 0.436 e. The van der Waals surface area contributed by atoms with Gasteiger partial charge in [0.15, 0.2) is 5.76 Å². The summed E-state index contributed by atoms with van der Waals surface area (Å²) in [5, 5.41) is 3.17. The highest BCUT2D eigenvalue weighted by Gasteiger charge is 2.24. The Balaban J connectivity index is 1.25. The van der Waals surface area contributed by atoms with Crippen molar-refractivity contribution >= 4 is 5.91 Å². The molecular formula is C27H25FN4O2. The summed E-state index contributed by atoms with van der Waals surface area (Å²) >= 11 is 0. The lowest BCUT2D eigenvalue weighted by atomic mass is 10.0. The highest BCUT2D eigenvalue weighted by atomic mass is 19.1. The minimum Gasteiger partial charge on any atom is -0.436 e. The number of carbonyl (C=O) groups excluding carboxylic acids is 1. The number of benzene rings is 2. The van der Waals surface area contributed by atoms with Gasteiger partial charge in [-0.05, 0) is 49.2 Å². The first kappa shape index (κ1) is 22.0. The Morgan fingerprint density at radius 1 is 0.971 bits per heavy atom. The molecule has 0 bridgehead atoms. The molecule has 1 saturated heterocycles. The smallest absolute Gasteiger partial charge is 0.252 e. The average molecular weight is 457 g/mol. The van der Waals surface area contributed by atoms with Crippen LogP contribution >= 0.6 is 0 Å². The van der Waals surface area contributed by atoms with Crippen LogP contribution in [0.1, 0.15) is 28.9 Å². The Morgan fingerprint density at radius 3 is 2.47 bits per heavy atom. The molecule has 3 heterocycles. The number of piperidine rings is 1. The van der Waals surface area contributed by atoms with Crippen molar-refractivity contribution in [3.63, 3.8) is 0 Å². The maximum Gasteiger partial charge on any atom is 0.252 e. The molecule has 0 aliphatic carbocycles. The van der Waals surface area contributed by atoms with E-state index in [2.05, 4.69) is 20.2 Å². The Bertz CT molecular complexity index is 1270. The van der Waals surface area contributed by atoms with E-state index in [4.69, 9.17) is 4.42 Å². The highest BCUT2D eigenvalue weighted by molar-refractivity contribution is 6.00. The summed E-state index contributed by atoms with van der Waals surface area (Å²) < 4.78 is 20.0. The number of halogens is 1. The molecule has 0 radical (unpaired) electrons. The number of hydrogen-bond acceptors (Lipinski definition) is 5. The monoisotopic (exact) mass is 456 g/mol. The summed E-state index contributed by atoms with van der Waals surface area (Å²) in [6.07, 6.45) is 5.04. The quantitative estimate of drug-likeness (QED) is 0.445. The molecule has 2 aromatic carbocycles. The van der Waals surface area contributed by atoms with Crippen LogP contribution < -0.4 is 5.32 Å². The van der Waals surface area contributed by atoms with Gasteiger partial charge in [0, 0.05) is 37.4 Å². The SMILES string of the molecule is O=C(NC1CCN(Cc2ccccn2)CC1)c1ccccc1-c1ncc(-c2ccccc2F)o1. The lowest BCUT2D eigenvalue weighted by molar-refractivity contribution is 0.0909. The maximum absolute atomic E-state index is 14.1. The highest BCUT2D eigenvalue weighted by Crippen LogP contribution is 2.29. The van der Waals surface area contributed by atoms with E-state index < -0.39 is 0 Å². The van der Waals surface area contributed by atoms with Crippen LogP contribution in [0, 0.1) is 5.82 Å². The van der Waals surface area contributed by atoms with E-state index in [0.717, 1.165) is 38.2 Å². The van der Waals surface area contributed by atoms with Crippen LogP contribution in [0.5, 0.6) is 0 Å². The van der Waals surface area contributed by atoms with Gasteiger partial charge in [-0.2, -0.15) is 0 Å². The number of nitrogens with zero attached hydrogens (tertiary/aromatic N) is 3. The van der Waals surface area contributed by atoms with E-state index in [1.807, 2.05) is 36.5 Å². The van der Waals surface area contributed by atoms with Gasteiger partial charge in [0.2, 0.25) is 5.89 Å². The number of aromatic nitrogens is 2.